The number of thioether (sulfide) groups is 1. The second-order valence-electron chi connectivity index (χ2n) is 6.21. The Morgan fingerprint density at radius 2 is 1.97 bits per heavy atom. The van der Waals surface area contributed by atoms with Crippen LogP contribution in [-0.4, -0.2) is 45.6 Å². The number of aromatic amines is 1. The summed E-state index contributed by atoms with van der Waals surface area (Å²) in [7, 11) is 0. The van der Waals surface area contributed by atoms with Crippen molar-refractivity contribution in [2.45, 2.75) is 12.1 Å². The number of nitrogens with one attached hydrogen (secondary N) is 1. The van der Waals surface area contributed by atoms with Gasteiger partial charge in [0.05, 0.1) is 16.6 Å². The topological polar surface area (TPSA) is 107 Å². The normalized spacial score (nSPS) is 11.6. The molecule has 0 unspecified atom stereocenters. The van der Waals surface area contributed by atoms with Gasteiger partial charge in [-0.1, -0.05) is 41.6 Å². The van der Waals surface area contributed by atoms with Gasteiger partial charge < -0.3 is 0 Å². The van der Waals surface area contributed by atoms with E-state index in [2.05, 4.69) is 30.2 Å². The summed E-state index contributed by atoms with van der Waals surface area (Å²) in [6, 6.07) is 9.02. The van der Waals surface area contributed by atoms with Crippen LogP contribution < -0.4 is 5.56 Å². The fourth-order valence-electron chi connectivity index (χ4n) is 3.19. The Morgan fingerprint density at radius 1 is 1.14 bits per heavy atom. The maximum atomic E-state index is 13.5. The lowest BCUT2D eigenvalue weighted by molar-refractivity contribution is 0.893. The number of fused-ring (bicyclic) bond motifs is 2. The number of pyridine rings is 1. The Labute approximate surface area is 172 Å². The summed E-state index contributed by atoms with van der Waals surface area (Å²) in [6.07, 6.45) is 3.47. The van der Waals surface area contributed by atoms with Crippen LogP contribution in [0.25, 0.3) is 33.9 Å². The molecule has 0 radical (unpaired) electrons. The molecule has 144 valence electrons. The lowest BCUT2D eigenvalue weighted by Gasteiger charge is -2.11. The molecule has 5 rings (SSSR count). The largest absolute Gasteiger partial charge is 0.269 e. The fourth-order valence-corrected chi connectivity index (χ4v) is 3.73. The summed E-state index contributed by atoms with van der Waals surface area (Å²) in [4.78, 5) is 26.7. The van der Waals surface area contributed by atoms with E-state index in [-0.39, 0.29) is 5.56 Å². The monoisotopic (exact) mass is 424 g/mol. The zero-order chi connectivity index (χ0) is 20.1. The SMILES string of the molecule is CSc1n[nH]c(-n2ccc3nc4nc(C)nn4c(-c4ccccc4Cl)c3c2=O)n1. The van der Waals surface area contributed by atoms with Gasteiger partial charge >= 0.3 is 0 Å². The number of aryl methyl sites for hydroxylation is 1. The van der Waals surface area contributed by atoms with Gasteiger partial charge in [-0.2, -0.15) is 14.5 Å². The van der Waals surface area contributed by atoms with Gasteiger partial charge in [0, 0.05) is 16.8 Å². The van der Waals surface area contributed by atoms with Gasteiger partial charge in [-0.15, -0.1) is 10.2 Å². The Balaban J connectivity index is 1.93. The first-order valence-corrected chi connectivity index (χ1v) is 10.2. The molecular weight excluding hydrogens is 412 g/mol. The summed E-state index contributed by atoms with van der Waals surface area (Å²) in [5.41, 5.74) is 1.36. The minimum Gasteiger partial charge on any atom is -0.268 e. The third kappa shape index (κ3) is 2.79. The van der Waals surface area contributed by atoms with E-state index in [0.29, 0.717) is 49.9 Å². The molecule has 4 heterocycles. The zero-order valence-electron chi connectivity index (χ0n) is 15.3. The molecule has 5 aromatic rings. The minimum atomic E-state index is -0.316. The van der Waals surface area contributed by atoms with Gasteiger partial charge in [-0.25, -0.2) is 10.1 Å². The van der Waals surface area contributed by atoms with Gasteiger partial charge in [-0.3, -0.25) is 9.36 Å². The predicted molar refractivity (Wildman–Crippen MR) is 111 cm³/mol. The van der Waals surface area contributed by atoms with Crippen LogP contribution in [0.5, 0.6) is 0 Å². The van der Waals surface area contributed by atoms with Crippen molar-refractivity contribution in [2.75, 3.05) is 6.26 Å². The molecule has 11 heteroatoms. The van der Waals surface area contributed by atoms with Crippen molar-refractivity contribution < 1.29 is 0 Å². The number of benzene rings is 1. The van der Waals surface area contributed by atoms with Crippen molar-refractivity contribution in [1.82, 2.24) is 39.3 Å². The highest BCUT2D eigenvalue weighted by atomic mass is 35.5. The molecule has 0 spiro atoms. The summed E-state index contributed by atoms with van der Waals surface area (Å²) < 4.78 is 2.95. The van der Waals surface area contributed by atoms with Gasteiger partial charge in [0.2, 0.25) is 11.1 Å². The standard InChI is InChI=1S/C18H13ClN8OS/c1-9-20-16-21-12-7-8-26(17-22-18(29-2)24-23-17)15(28)13(12)14(27(16)25-9)10-5-3-4-6-11(10)19/h3-8H,1-2H3,(H,22,23,24). The van der Waals surface area contributed by atoms with Crippen LogP contribution in [0.3, 0.4) is 0 Å². The van der Waals surface area contributed by atoms with Crippen LogP contribution in [0.4, 0.5) is 0 Å². The van der Waals surface area contributed by atoms with E-state index in [1.165, 1.54) is 16.3 Å². The molecule has 0 bridgehead atoms. The molecule has 0 amide bonds. The molecule has 0 aliphatic heterocycles. The number of rotatable bonds is 3. The summed E-state index contributed by atoms with van der Waals surface area (Å²) in [5.74, 6) is 1.26. The Bertz CT molecular complexity index is 1450. The third-order valence-corrected chi connectivity index (χ3v) is 5.31. The number of hydrogen-bond donors (Lipinski definition) is 1. The van der Waals surface area contributed by atoms with Gasteiger partial charge in [0.25, 0.3) is 11.3 Å². The lowest BCUT2D eigenvalue weighted by atomic mass is 10.1. The molecule has 0 saturated carbocycles. The lowest BCUT2D eigenvalue weighted by Crippen LogP contribution is -2.21. The average Bonchev–Trinajstić information content (AvgIpc) is 3.33. The fraction of sp³-hybridized carbons (Fsp3) is 0.111. The first-order chi connectivity index (χ1) is 14.1. The minimum absolute atomic E-state index is 0.316. The van der Waals surface area contributed by atoms with Crippen LogP contribution in [0.1, 0.15) is 5.82 Å². The van der Waals surface area contributed by atoms with Crippen molar-refractivity contribution in [3.63, 3.8) is 0 Å². The second kappa shape index (κ2) is 6.68. The Morgan fingerprint density at radius 3 is 2.72 bits per heavy atom. The number of halogens is 1. The summed E-state index contributed by atoms with van der Waals surface area (Å²) in [6.45, 7) is 1.77. The molecule has 0 fully saturated rings. The van der Waals surface area contributed by atoms with Crippen LogP contribution in [0, 0.1) is 6.92 Å². The van der Waals surface area contributed by atoms with E-state index in [1.54, 1.807) is 29.8 Å². The quantitative estimate of drug-likeness (QED) is 0.444. The third-order valence-electron chi connectivity index (χ3n) is 4.43. The van der Waals surface area contributed by atoms with Gasteiger partial charge in [0.15, 0.2) is 0 Å². The highest BCUT2D eigenvalue weighted by molar-refractivity contribution is 7.98. The average molecular weight is 425 g/mol. The van der Waals surface area contributed by atoms with E-state index in [1.807, 2.05) is 24.5 Å². The van der Waals surface area contributed by atoms with Crippen LogP contribution in [0.15, 0.2) is 46.5 Å². The highest BCUT2D eigenvalue weighted by Crippen LogP contribution is 2.31. The van der Waals surface area contributed by atoms with Crippen LogP contribution >= 0.6 is 23.4 Å². The van der Waals surface area contributed by atoms with Crippen molar-refractivity contribution in [2.24, 2.45) is 0 Å². The molecule has 4 aromatic heterocycles. The van der Waals surface area contributed by atoms with Crippen LogP contribution in [0.2, 0.25) is 5.02 Å². The predicted octanol–water partition coefficient (Wildman–Crippen LogP) is 2.90. The Kier molecular flexibility index (Phi) is 4.10. The first-order valence-electron chi connectivity index (χ1n) is 8.57. The number of aromatic nitrogens is 8. The van der Waals surface area contributed by atoms with Crippen molar-refractivity contribution in [3.05, 3.63) is 57.7 Å². The van der Waals surface area contributed by atoms with Gasteiger partial charge in [0.1, 0.15) is 5.82 Å². The zero-order valence-corrected chi connectivity index (χ0v) is 16.9. The molecule has 0 aliphatic carbocycles. The molecule has 0 saturated heterocycles. The van der Waals surface area contributed by atoms with E-state index in [0.717, 1.165) is 0 Å². The number of hydrogen-bond acceptors (Lipinski definition) is 7. The van der Waals surface area contributed by atoms with Crippen molar-refractivity contribution >= 4 is 40.0 Å². The summed E-state index contributed by atoms with van der Waals surface area (Å²) >= 11 is 7.85. The molecule has 1 aromatic carbocycles. The van der Waals surface area contributed by atoms with Crippen molar-refractivity contribution in [3.8, 4) is 17.2 Å². The second-order valence-corrected chi connectivity index (χ2v) is 7.39. The van der Waals surface area contributed by atoms with E-state index in [9.17, 15) is 4.79 Å². The molecule has 1 N–H and O–H groups in total. The Hall–Kier alpha value is -3.24. The van der Waals surface area contributed by atoms with Gasteiger partial charge in [-0.05, 0) is 25.3 Å². The van der Waals surface area contributed by atoms with Crippen molar-refractivity contribution in [1.29, 1.82) is 0 Å². The van der Waals surface area contributed by atoms with E-state index in [4.69, 9.17) is 11.6 Å². The molecule has 29 heavy (non-hydrogen) atoms. The smallest absolute Gasteiger partial charge is 0.268 e. The van der Waals surface area contributed by atoms with E-state index >= 15 is 0 Å². The molecule has 0 atom stereocenters. The number of nitrogens with zero attached hydrogens (tertiary/aromatic N) is 7. The van der Waals surface area contributed by atoms with Crippen LogP contribution in [-0.2, 0) is 0 Å². The highest BCUT2D eigenvalue weighted by Gasteiger charge is 2.20. The summed E-state index contributed by atoms with van der Waals surface area (Å²) in [5, 5.41) is 12.7. The maximum Gasteiger partial charge on any atom is 0.269 e. The first kappa shape index (κ1) is 17.8. The van der Waals surface area contributed by atoms with E-state index < -0.39 is 0 Å². The number of H-pyrrole nitrogens is 1. The molecule has 9 nitrogen and oxygen atoms in total. The molecular formula is C18H13ClN8OS. The maximum absolute atomic E-state index is 13.5. The molecule has 0 aliphatic rings.